The fourth-order valence-corrected chi connectivity index (χ4v) is 4.13. The van der Waals surface area contributed by atoms with E-state index in [0.29, 0.717) is 23.6 Å². The molecule has 2 aromatic carbocycles. The second kappa shape index (κ2) is 13.9. The van der Waals surface area contributed by atoms with Crippen LogP contribution in [0.1, 0.15) is 82.3 Å². The fraction of sp³-hybridized carbons (Fsp3) is 0.484. The van der Waals surface area contributed by atoms with E-state index in [9.17, 15) is 4.79 Å². The van der Waals surface area contributed by atoms with Crippen molar-refractivity contribution in [3.63, 3.8) is 0 Å². The number of pyridine rings is 1. The summed E-state index contributed by atoms with van der Waals surface area (Å²) in [6.07, 6.45) is 7.49. The van der Waals surface area contributed by atoms with Crippen molar-refractivity contribution in [3.05, 3.63) is 53.7 Å². The van der Waals surface area contributed by atoms with Crippen LogP contribution in [0.3, 0.4) is 0 Å². The predicted octanol–water partition coefficient (Wildman–Crippen LogP) is 7.56. The molecule has 0 saturated heterocycles. The molecule has 0 atom stereocenters. The SMILES string of the molecule is CCCCCCCCOc1ccc(CNc2cc3nc(C(=O)OC)cc(OC(C)(C)C)c3cc2OC)cc1. The van der Waals surface area contributed by atoms with E-state index in [-0.39, 0.29) is 5.69 Å². The highest BCUT2D eigenvalue weighted by Crippen LogP contribution is 2.36. The molecule has 0 unspecified atom stereocenters. The van der Waals surface area contributed by atoms with E-state index in [1.165, 1.54) is 39.2 Å². The number of rotatable bonds is 14. The van der Waals surface area contributed by atoms with Gasteiger partial charge in [-0.2, -0.15) is 0 Å². The molecule has 0 bridgehead atoms. The first-order valence-electron chi connectivity index (χ1n) is 13.5. The molecule has 0 amide bonds. The van der Waals surface area contributed by atoms with Gasteiger partial charge in [-0.15, -0.1) is 0 Å². The smallest absolute Gasteiger partial charge is 0.356 e. The number of nitrogens with one attached hydrogen (secondary N) is 1. The van der Waals surface area contributed by atoms with Crippen LogP contribution >= 0.6 is 0 Å². The number of anilines is 1. The molecule has 0 fully saturated rings. The Kier molecular flexibility index (Phi) is 10.6. The van der Waals surface area contributed by atoms with Crippen LogP contribution in [0.25, 0.3) is 10.9 Å². The minimum absolute atomic E-state index is 0.187. The van der Waals surface area contributed by atoms with Crippen LogP contribution < -0.4 is 19.5 Å². The summed E-state index contributed by atoms with van der Waals surface area (Å²) in [7, 11) is 2.97. The number of ether oxygens (including phenoxy) is 4. The first-order valence-corrected chi connectivity index (χ1v) is 13.5. The summed E-state index contributed by atoms with van der Waals surface area (Å²) in [4.78, 5) is 16.8. The van der Waals surface area contributed by atoms with E-state index < -0.39 is 11.6 Å². The average Bonchev–Trinajstić information content (AvgIpc) is 2.90. The Balaban J connectivity index is 1.71. The number of hydrogen-bond acceptors (Lipinski definition) is 7. The number of carbonyl (C=O) groups is 1. The number of carbonyl (C=O) groups excluding carboxylic acids is 1. The number of aromatic nitrogens is 1. The second-order valence-corrected chi connectivity index (χ2v) is 10.4. The van der Waals surface area contributed by atoms with Crippen LogP contribution in [0.15, 0.2) is 42.5 Å². The number of fused-ring (bicyclic) bond motifs is 1. The topological polar surface area (TPSA) is 78.9 Å². The number of hydrogen-bond donors (Lipinski definition) is 1. The summed E-state index contributed by atoms with van der Waals surface area (Å²) in [6, 6.07) is 13.5. The first kappa shape index (κ1) is 29.1. The van der Waals surface area contributed by atoms with E-state index >= 15 is 0 Å². The van der Waals surface area contributed by atoms with Gasteiger partial charge >= 0.3 is 5.97 Å². The highest BCUT2D eigenvalue weighted by molar-refractivity contribution is 5.96. The lowest BCUT2D eigenvalue weighted by molar-refractivity contribution is 0.0592. The van der Waals surface area contributed by atoms with Gasteiger partial charge in [0, 0.05) is 18.0 Å². The molecule has 38 heavy (non-hydrogen) atoms. The van der Waals surface area contributed by atoms with Crippen LogP contribution in [-0.2, 0) is 11.3 Å². The monoisotopic (exact) mass is 522 g/mol. The number of unbranched alkanes of at least 4 members (excludes halogenated alkanes) is 5. The van der Waals surface area contributed by atoms with Crippen LogP contribution in [0.2, 0.25) is 0 Å². The van der Waals surface area contributed by atoms with Crippen molar-refractivity contribution in [3.8, 4) is 17.2 Å². The Labute approximate surface area is 226 Å². The van der Waals surface area contributed by atoms with Gasteiger partial charge < -0.3 is 24.3 Å². The summed E-state index contributed by atoms with van der Waals surface area (Å²) < 4.78 is 22.6. The maximum atomic E-state index is 12.3. The summed E-state index contributed by atoms with van der Waals surface area (Å²) in [5, 5.41) is 4.19. The second-order valence-electron chi connectivity index (χ2n) is 10.4. The third-order valence-corrected chi connectivity index (χ3v) is 6.08. The van der Waals surface area contributed by atoms with E-state index in [4.69, 9.17) is 18.9 Å². The predicted molar refractivity (Wildman–Crippen MR) is 153 cm³/mol. The van der Waals surface area contributed by atoms with Crippen molar-refractivity contribution in [1.29, 1.82) is 0 Å². The highest BCUT2D eigenvalue weighted by atomic mass is 16.5. The van der Waals surface area contributed by atoms with Crippen molar-refractivity contribution < 1.29 is 23.7 Å². The third-order valence-electron chi connectivity index (χ3n) is 6.08. The molecule has 0 aliphatic carbocycles. The van der Waals surface area contributed by atoms with Gasteiger partial charge in [0.25, 0.3) is 0 Å². The molecular weight excluding hydrogens is 480 g/mol. The van der Waals surface area contributed by atoms with Crippen LogP contribution in [-0.4, -0.2) is 37.4 Å². The third kappa shape index (κ3) is 8.54. The van der Waals surface area contributed by atoms with Gasteiger partial charge in [-0.25, -0.2) is 9.78 Å². The summed E-state index contributed by atoms with van der Waals surface area (Å²) in [5.74, 6) is 1.57. The maximum Gasteiger partial charge on any atom is 0.356 e. The van der Waals surface area contributed by atoms with Gasteiger partial charge in [0.05, 0.1) is 32.0 Å². The zero-order chi connectivity index (χ0) is 27.5. The van der Waals surface area contributed by atoms with Gasteiger partial charge in [-0.1, -0.05) is 51.2 Å². The lowest BCUT2D eigenvalue weighted by atomic mass is 10.1. The molecule has 1 heterocycles. The molecule has 1 aromatic heterocycles. The molecule has 3 aromatic rings. The van der Waals surface area contributed by atoms with Gasteiger partial charge in [0.1, 0.15) is 22.8 Å². The maximum absolute atomic E-state index is 12.3. The molecule has 0 aliphatic heterocycles. The molecule has 0 aliphatic rings. The van der Waals surface area contributed by atoms with Crippen molar-refractivity contribution >= 4 is 22.6 Å². The van der Waals surface area contributed by atoms with Gasteiger partial charge in [-0.05, 0) is 57.0 Å². The Morgan fingerprint density at radius 1 is 0.921 bits per heavy atom. The van der Waals surface area contributed by atoms with Crippen molar-refractivity contribution in [2.75, 3.05) is 26.1 Å². The summed E-state index contributed by atoms with van der Waals surface area (Å²) in [5.41, 5.74) is 2.20. The molecule has 0 radical (unpaired) electrons. The average molecular weight is 523 g/mol. The number of esters is 1. The van der Waals surface area contributed by atoms with E-state index in [2.05, 4.69) is 29.4 Å². The van der Waals surface area contributed by atoms with E-state index in [1.54, 1.807) is 13.2 Å². The lowest BCUT2D eigenvalue weighted by Crippen LogP contribution is -2.23. The van der Waals surface area contributed by atoms with Crippen molar-refractivity contribution in [2.45, 2.75) is 78.4 Å². The fourth-order valence-electron chi connectivity index (χ4n) is 4.13. The van der Waals surface area contributed by atoms with Crippen molar-refractivity contribution in [1.82, 2.24) is 4.98 Å². The Morgan fingerprint density at radius 2 is 1.63 bits per heavy atom. The molecular formula is C31H42N2O5. The molecule has 1 N–H and O–H groups in total. The van der Waals surface area contributed by atoms with Gasteiger partial charge in [-0.3, -0.25) is 0 Å². The van der Waals surface area contributed by atoms with Crippen molar-refractivity contribution in [2.24, 2.45) is 0 Å². The molecule has 7 heteroatoms. The van der Waals surface area contributed by atoms with Crippen LogP contribution in [0.4, 0.5) is 5.69 Å². The number of nitrogens with zero attached hydrogens (tertiary/aromatic N) is 1. The number of benzene rings is 2. The zero-order valence-corrected chi connectivity index (χ0v) is 23.7. The van der Waals surface area contributed by atoms with Gasteiger partial charge in [0.15, 0.2) is 5.69 Å². The summed E-state index contributed by atoms with van der Waals surface area (Å²) >= 11 is 0. The van der Waals surface area contributed by atoms with Crippen LogP contribution in [0, 0.1) is 0 Å². The van der Waals surface area contributed by atoms with Gasteiger partial charge in [0.2, 0.25) is 0 Å². The minimum atomic E-state index is -0.519. The lowest BCUT2D eigenvalue weighted by Gasteiger charge is -2.23. The van der Waals surface area contributed by atoms with E-state index in [0.717, 1.165) is 35.4 Å². The first-order chi connectivity index (χ1) is 18.2. The zero-order valence-electron chi connectivity index (χ0n) is 23.7. The Morgan fingerprint density at radius 3 is 2.29 bits per heavy atom. The minimum Gasteiger partial charge on any atom is -0.495 e. The molecule has 0 spiro atoms. The molecule has 206 valence electrons. The molecule has 3 rings (SSSR count). The largest absolute Gasteiger partial charge is 0.495 e. The summed E-state index contributed by atoms with van der Waals surface area (Å²) in [6.45, 7) is 9.43. The molecule has 7 nitrogen and oxygen atoms in total. The van der Waals surface area contributed by atoms with Crippen LogP contribution in [0.5, 0.6) is 17.2 Å². The quantitative estimate of drug-likeness (QED) is 0.173. The Bertz CT molecular complexity index is 1190. The van der Waals surface area contributed by atoms with E-state index in [1.807, 2.05) is 45.0 Å². The highest BCUT2D eigenvalue weighted by Gasteiger charge is 2.20. The standard InChI is InChI=1S/C31H42N2O5/c1-7-8-9-10-11-12-17-37-23-15-13-22(14-16-23)21-32-26-19-25-24(18-29(26)35-5)28(38-31(2,3)4)20-27(33-25)30(34)36-6/h13-16,18-20,32H,7-12,17,21H2,1-6H3. The number of methoxy groups -OCH3 is 2. The Hall–Kier alpha value is -3.48. The molecule has 0 saturated carbocycles. The normalized spacial score (nSPS) is 11.3.